The summed E-state index contributed by atoms with van der Waals surface area (Å²) in [5.74, 6) is 4.70. The fourth-order valence-electron chi connectivity index (χ4n) is 9.89. The second-order valence-corrected chi connectivity index (χ2v) is 14.4. The van der Waals surface area contributed by atoms with Crippen molar-refractivity contribution in [3.05, 3.63) is 47.2 Å². The first kappa shape index (κ1) is 27.7. The standard InChI is InChI=1S/C36H41FN6O2/c1-2-22-5-3-6-23-13-28(44)14-32(33(22)23)41-12-11-29-30(20-41)39-35(40-34(29)42-18-26-9-10-27(19-42)38-26)45-21-36-15-24-7-4-8-31(24)43(36)17-25(37)16-36/h1,3,5-6,13-14,24-27,31,38,44H,4,7-12,15-21H2/t24-,25-,26?,27?,31-,36-/m1/s1. The molecule has 2 N–H and O–H groups in total. The third-order valence-corrected chi connectivity index (χ3v) is 11.7. The quantitative estimate of drug-likeness (QED) is 0.409. The van der Waals surface area contributed by atoms with Crippen molar-refractivity contribution >= 4 is 22.3 Å². The Morgan fingerprint density at radius 1 is 1.07 bits per heavy atom. The van der Waals surface area contributed by atoms with Gasteiger partial charge in [-0.15, -0.1) is 6.42 Å². The van der Waals surface area contributed by atoms with Crippen LogP contribution in [0.3, 0.4) is 0 Å². The van der Waals surface area contributed by atoms with E-state index in [4.69, 9.17) is 21.1 Å². The number of phenolic OH excluding ortho intramolecular Hbond substituents is 1. The number of rotatable bonds is 5. The van der Waals surface area contributed by atoms with Crippen LogP contribution in [0.4, 0.5) is 15.9 Å². The lowest BCUT2D eigenvalue weighted by Gasteiger charge is -2.38. The summed E-state index contributed by atoms with van der Waals surface area (Å²) in [4.78, 5) is 17.4. The van der Waals surface area contributed by atoms with Crippen molar-refractivity contribution in [3.8, 4) is 24.1 Å². The van der Waals surface area contributed by atoms with Gasteiger partial charge in [-0.05, 0) is 62.0 Å². The molecule has 5 fully saturated rings. The van der Waals surface area contributed by atoms with Gasteiger partial charge in [0.1, 0.15) is 24.3 Å². The molecule has 6 aliphatic rings. The molecule has 9 heteroatoms. The van der Waals surface area contributed by atoms with Crippen LogP contribution in [-0.4, -0.2) is 82.6 Å². The van der Waals surface area contributed by atoms with Crippen LogP contribution in [0.1, 0.15) is 61.8 Å². The first-order valence-corrected chi connectivity index (χ1v) is 16.9. The number of fused-ring (bicyclic) bond motifs is 7. The van der Waals surface area contributed by atoms with Gasteiger partial charge in [0.15, 0.2) is 0 Å². The molecule has 2 unspecified atom stereocenters. The Kier molecular flexibility index (Phi) is 6.44. The minimum absolute atomic E-state index is 0.217. The molecule has 5 aliphatic heterocycles. The van der Waals surface area contributed by atoms with Gasteiger partial charge in [0.25, 0.3) is 0 Å². The second-order valence-electron chi connectivity index (χ2n) is 14.4. The van der Waals surface area contributed by atoms with E-state index in [0.29, 0.717) is 56.2 Å². The molecule has 6 atom stereocenters. The number of halogens is 1. The number of aromatic nitrogens is 2. The Bertz CT molecular complexity index is 1700. The van der Waals surface area contributed by atoms with E-state index >= 15 is 0 Å². The molecule has 0 amide bonds. The Balaban J connectivity index is 1.07. The molecule has 8 nitrogen and oxygen atoms in total. The largest absolute Gasteiger partial charge is 0.508 e. The number of terminal acetylenes is 1. The van der Waals surface area contributed by atoms with Gasteiger partial charge >= 0.3 is 6.01 Å². The molecule has 9 rings (SSSR count). The molecule has 6 heterocycles. The molecule has 45 heavy (non-hydrogen) atoms. The highest BCUT2D eigenvalue weighted by Gasteiger charge is 2.58. The number of phenols is 1. The topological polar surface area (TPSA) is 77.0 Å². The van der Waals surface area contributed by atoms with Gasteiger partial charge in [-0.1, -0.05) is 24.5 Å². The average molecular weight is 609 g/mol. The number of nitrogens with one attached hydrogen (secondary N) is 1. The lowest BCUT2D eigenvalue weighted by atomic mass is 9.89. The number of hydrogen-bond donors (Lipinski definition) is 2. The summed E-state index contributed by atoms with van der Waals surface area (Å²) in [6.45, 7) is 4.13. The summed E-state index contributed by atoms with van der Waals surface area (Å²) >= 11 is 0. The highest BCUT2D eigenvalue weighted by Crippen LogP contribution is 2.52. The molecule has 2 aromatic carbocycles. The molecule has 1 aliphatic carbocycles. The Hall–Kier alpha value is -3.61. The molecule has 234 valence electrons. The SMILES string of the molecule is C#Cc1cccc2cc(O)cc(N3CCc4c(nc(OC[C@@]56C[C@@H](F)CN5[C@@H]5CCC[C@@H]5C6)nc4N4CC5CCC(C4)N5)C3)c12. The van der Waals surface area contributed by atoms with Crippen molar-refractivity contribution in [2.24, 2.45) is 5.92 Å². The zero-order chi connectivity index (χ0) is 30.3. The van der Waals surface area contributed by atoms with Gasteiger partial charge in [0.2, 0.25) is 0 Å². The zero-order valence-corrected chi connectivity index (χ0v) is 25.7. The lowest BCUT2D eigenvalue weighted by molar-refractivity contribution is 0.0829. The maximum atomic E-state index is 14.9. The van der Waals surface area contributed by atoms with E-state index in [9.17, 15) is 9.50 Å². The number of anilines is 2. The molecule has 2 bridgehead atoms. The number of aromatic hydroxyl groups is 1. The third kappa shape index (κ3) is 4.55. The summed E-state index contributed by atoms with van der Waals surface area (Å²) in [6.07, 6.45) is 13.5. The molecule has 3 aromatic rings. The third-order valence-electron chi connectivity index (χ3n) is 11.7. The van der Waals surface area contributed by atoms with Crippen molar-refractivity contribution in [1.29, 1.82) is 0 Å². The van der Waals surface area contributed by atoms with Crippen LogP contribution in [-0.2, 0) is 13.0 Å². The molecule has 1 aromatic heterocycles. The van der Waals surface area contributed by atoms with Gasteiger partial charge in [-0.2, -0.15) is 9.97 Å². The van der Waals surface area contributed by atoms with Crippen LogP contribution >= 0.6 is 0 Å². The monoisotopic (exact) mass is 608 g/mol. The van der Waals surface area contributed by atoms with Crippen LogP contribution in [0, 0.1) is 18.3 Å². The smallest absolute Gasteiger partial charge is 0.318 e. The number of ether oxygens (including phenoxy) is 1. The summed E-state index contributed by atoms with van der Waals surface area (Å²) in [5.41, 5.74) is 3.60. The Labute approximate surface area is 264 Å². The van der Waals surface area contributed by atoms with Crippen molar-refractivity contribution in [2.45, 2.75) is 87.7 Å². The van der Waals surface area contributed by atoms with Gasteiger partial charge < -0.3 is 25.0 Å². The summed E-state index contributed by atoms with van der Waals surface area (Å²) < 4.78 is 21.5. The van der Waals surface area contributed by atoms with E-state index in [1.165, 1.54) is 37.7 Å². The molecular weight excluding hydrogens is 567 g/mol. The van der Waals surface area contributed by atoms with Crippen LogP contribution < -0.4 is 19.9 Å². The van der Waals surface area contributed by atoms with Gasteiger partial charge in [0, 0.05) is 79.0 Å². The number of alkyl halides is 1. The predicted molar refractivity (Wildman–Crippen MR) is 173 cm³/mol. The minimum atomic E-state index is -0.801. The van der Waals surface area contributed by atoms with Crippen molar-refractivity contribution in [1.82, 2.24) is 20.2 Å². The average Bonchev–Trinajstić information content (AvgIpc) is 3.78. The first-order valence-electron chi connectivity index (χ1n) is 16.9. The summed E-state index contributed by atoms with van der Waals surface area (Å²) in [5, 5.41) is 16.3. The maximum Gasteiger partial charge on any atom is 0.318 e. The molecule has 0 radical (unpaired) electrons. The Morgan fingerprint density at radius 2 is 1.93 bits per heavy atom. The van der Waals surface area contributed by atoms with E-state index in [1.54, 1.807) is 6.07 Å². The van der Waals surface area contributed by atoms with Crippen molar-refractivity contribution in [3.63, 3.8) is 0 Å². The van der Waals surface area contributed by atoms with E-state index in [2.05, 4.69) is 25.9 Å². The van der Waals surface area contributed by atoms with E-state index < -0.39 is 6.17 Å². The normalized spacial score (nSPS) is 32.0. The first-order chi connectivity index (χ1) is 22.0. The van der Waals surface area contributed by atoms with Crippen LogP contribution in [0.2, 0.25) is 0 Å². The second kappa shape index (κ2) is 10.5. The molecule has 0 spiro atoms. The van der Waals surface area contributed by atoms with Crippen molar-refractivity contribution in [2.75, 3.05) is 42.6 Å². The molecular formula is C36H41FN6O2. The highest BCUT2D eigenvalue weighted by molar-refractivity contribution is 6.00. The van der Waals surface area contributed by atoms with Gasteiger partial charge in [-0.3, -0.25) is 4.90 Å². The highest BCUT2D eigenvalue weighted by atomic mass is 19.1. The maximum absolute atomic E-state index is 14.9. The zero-order valence-electron chi connectivity index (χ0n) is 25.7. The number of piperazine rings is 1. The van der Waals surface area contributed by atoms with Gasteiger partial charge in [0.05, 0.1) is 17.8 Å². The molecule has 1 saturated carbocycles. The summed E-state index contributed by atoms with van der Waals surface area (Å²) in [7, 11) is 0. The van der Waals surface area contributed by atoms with Crippen LogP contribution in [0.15, 0.2) is 30.3 Å². The molecule has 4 saturated heterocycles. The number of nitrogens with zero attached hydrogens (tertiary/aromatic N) is 5. The fourth-order valence-corrected chi connectivity index (χ4v) is 9.89. The predicted octanol–water partition coefficient (Wildman–Crippen LogP) is 4.55. The summed E-state index contributed by atoms with van der Waals surface area (Å²) in [6, 6.07) is 11.3. The van der Waals surface area contributed by atoms with Crippen LogP contribution in [0.25, 0.3) is 10.8 Å². The Morgan fingerprint density at radius 3 is 2.78 bits per heavy atom. The van der Waals surface area contributed by atoms with Crippen molar-refractivity contribution < 1.29 is 14.2 Å². The number of benzene rings is 2. The minimum Gasteiger partial charge on any atom is -0.508 e. The number of hydrogen-bond acceptors (Lipinski definition) is 8. The van der Waals surface area contributed by atoms with E-state index in [0.717, 1.165) is 66.0 Å². The van der Waals surface area contributed by atoms with E-state index in [1.807, 2.05) is 24.3 Å². The van der Waals surface area contributed by atoms with Crippen LogP contribution in [0.5, 0.6) is 11.8 Å². The van der Waals surface area contributed by atoms with E-state index in [-0.39, 0.29) is 11.3 Å². The fraction of sp³-hybridized carbons (Fsp3) is 0.556. The van der Waals surface area contributed by atoms with Gasteiger partial charge in [-0.25, -0.2) is 4.39 Å². The lowest BCUT2D eigenvalue weighted by Crippen LogP contribution is -2.52.